The van der Waals surface area contributed by atoms with E-state index in [0.717, 1.165) is 13.0 Å². The molecule has 2 heteroatoms. The van der Waals surface area contributed by atoms with Crippen LogP contribution in [0.3, 0.4) is 0 Å². The summed E-state index contributed by atoms with van der Waals surface area (Å²) in [4.78, 5) is 1.92. The Bertz CT molecular complexity index is 74.6. The monoisotopic (exact) mass is 114 g/mol. The number of aliphatic hydroxyl groups excluding tert-OH is 1. The van der Waals surface area contributed by atoms with Gasteiger partial charge in [-0.05, 0) is 19.0 Å². The number of nitrogens with zero attached hydrogens (tertiary/aromatic N) is 1. The lowest BCUT2D eigenvalue weighted by Gasteiger charge is -2.22. The van der Waals surface area contributed by atoms with Gasteiger partial charge in [0.05, 0.1) is 6.10 Å². The second-order valence-corrected chi connectivity index (χ2v) is 2.51. The van der Waals surface area contributed by atoms with Gasteiger partial charge in [0.25, 0.3) is 0 Å². The van der Waals surface area contributed by atoms with Gasteiger partial charge in [0.2, 0.25) is 0 Å². The van der Waals surface area contributed by atoms with Crippen molar-refractivity contribution in [2.24, 2.45) is 0 Å². The van der Waals surface area contributed by atoms with Gasteiger partial charge in [-0.15, -0.1) is 0 Å². The van der Waals surface area contributed by atoms with E-state index in [1.54, 1.807) is 0 Å². The lowest BCUT2D eigenvalue weighted by molar-refractivity contribution is 0.185. The number of β-amino-alcohol motifs (C(OH)–C–C–N with tert-alkyl or cyclic N) is 1. The molecule has 0 bridgehead atoms. The van der Waals surface area contributed by atoms with Crippen LogP contribution in [0.15, 0.2) is 0 Å². The topological polar surface area (TPSA) is 23.5 Å². The SMILES string of the molecule is [CH2-]N1C[C@@H](O)C[C@@H]1C. The van der Waals surface area contributed by atoms with Gasteiger partial charge < -0.3 is 10.0 Å². The second kappa shape index (κ2) is 2.03. The Hall–Kier alpha value is -0.0800. The van der Waals surface area contributed by atoms with Crippen LogP contribution in [-0.2, 0) is 0 Å². The first-order valence-corrected chi connectivity index (χ1v) is 2.95. The van der Waals surface area contributed by atoms with Gasteiger partial charge in [0.1, 0.15) is 0 Å². The molecule has 2 nitrogen and oxygen atoms in total. The van der Waals surface area contributed by atoms with Crippen LogP contribution in [0.25, 0.3) is 0 Å². The largest absolute Gasteiger partial charge is 0.455 e. The van der Waals surface area contributed by atoms with Crippen molar-refractivity contribution >= 4 is 0 Å². The third-order valence-electron chi connectivity index (χ3n) is 1.68. The molecule has 1 aliphatic rings. The van der Waals surface area contributed by atoms with Gasteiger partial charge in [-0.1, -0.05) is 6.92 Å². The molecule has 8 heavy (non-hydrogen) atoms. The molecule has 0 radical (unpaired) electrons. The van der Waals surface area contributed by atoms with Gasteiger partial charge in [-0.25, -0.2) is 0 Å². The maximum Gasteiger partial charge on any atom is 0.0657 e. The normalized spacial score (nSPS) is 40.9. The third kappa shape index (κ3) is 1.01. The van der Waals surface area contributed by atoms with Crippen molar-refractivity contribution < 1.29 is 5.11 Å². The fraction of sp³-hybridized carbons (Fsp3) is 0.833. The molecule has 0 aromatic heterocycles. The predicted molar refractivity (Wildman–Crippen MR) is 32.1 cm³/mol. The van der Waals surface area contributed by atoms with E-state index in [2.05, 4.69) is 14.0 Å². The number of aliphatic hydroxyl groups is 1. The fourth-order valence-corrected chi connectivity index (χ4v) is 1.07. The van der Waals surface area contributed by atoms with Crippen LogP contribution < -0.4 is 0 Å². The summed E-state index contributed by atoms with van der Waals surface area (Å²) in [6.07, 6.45) is 0.742. The summed E-state index contributed by atoms with van der Waals surface area (Å²) in [6.45, 7) is 2.81. The summed E-state index contributed by atoms with van der Waals surface area (Å²) < 4.78 is 0. The van der Waals surface area contributed by atoms with Gasteiger partial charge in [-0.2, -0.15) is 0 Å². The van der Waals surface area contributed by atoms with Crippen LogP contribution in [0, 0.1) is 7.05 Å². The number of hydrogen-bond acceptors (Lipinski definition) is 2. The number of hydrogen-bond donors (Lipinski definition) is 1. The van der Waals surface area contributed by atoms with Crippen LogP contribution in [0.4, 0.5) is 0 Å². The predicted octanol–water partition coefficient (Wildman–Crippen LogP) is 0.233. The highest BCUT2D eigenvalue weighted by atomic mass is 16.3. The first-order valence-electron chi connectivity index (χ1n) is 2.95. The van der Waals surface area contributed by atoms with Crippen molar-refractivity contribution in [1.82, 2.24) is 4.90 Å². The minimum Gasteiger partial charge on any atom is -0.455 e. The Balaban J connectivity index is 2.39. The number of likely N-dealkylation sites (tertiary alicyclic amines) is 1. The summed E-state index contributed by atoms with van der Waals surface area (Å²) in [5.74, 6) is 0. The smallest absolute Gasteiger partial charge is 0.0657 e. The highest BCUT2D eigenvalue weighted by Crippen LogP contribution is 2.14. The van der Waals surface area contributed by atoms with Crippen molar-refractivity contribution in [3.05, 3.63) is 7.05 Å². The van der Waals surface area contributed by atoms with E-state index in [9.17, 15) is 0 Å². The molecule has 1 heterocycles. The van der Waals surface area contributed by atoms with Crippen molar-refractivity contribution in [3.63, 3.8) is 0 Å². The lowest BCUT2D eigenvalue weighted by atomic mass is 10.2. The maximum absolute atomic E-state index is 8.99. The van der Waals surface area contributed by atoms with E-state index < -0.39 is 0 Å². The van der Waals surface area contributed by atoms with Crippen LogP contribution in [0.1, 0.15) is 13.3 Å². The van der Waals surface area contributed by atoms with E-state index in [-0.39, 0.29) is 6.10 Å². The number of rotatable bonds is 0. The second-order valence-electron chi connectivity index (χ2n) is 2.51. The molecule has 0 unspecified atom stereocenters. The van der Waals surface area contributed by atoms with Crippen molar-refractivity contribution in [2.75, 3.05) is 6.54 Å². The minimum absolute atomic E-state index is 0.137. The summed E-state index contributed by atoms with van der Waals surface area (Å²) in [5.41, 5.74) is 0. The van der Waals surface area contributed by atoms with Crippen LogP contribution in [-0.4, -0.2) is 28.7 Å². The van der Waals surface area contributed by atoms with E-state index in [4.69, 9.17) is 5.11 Å². The molecule has 0 saturated carbocycles. The van der Waals surface area contributed by atoms with Crippen molar-refractivity contribution in [2.45, 2.75) is 25.5 Å². The standard InChI is InChI=1S/C6H12NO/c1-5-3-6(8)4-7(5)2/h5-6,8H,2-4H2,1H3/q-1/t5-,6-/m0/s1. The van der Waals surface area contributed by atoms with Gasteiger partial charge in [0.15, 0.2) is 0 Å². The van der Waals surface area contributed by atoms with Gasteiger partial charge >= 0.3 is 0 Å². The average molecular weight is 114 g/mol. The summed E-state index contributed by atoms with van der Waals surface area (Å²) >= 11 is 0. The van der Waals surface area contributed by atoms with Gasteiger partial charge in [0, 0.05) is 0 Å². The molecule has 1 N–H and O–H groups in total. The zero-order valence-electron chi connectivity index (χ0n) is 5.17. The molecular formula is C6H12NO-. The summed E-state index contributed by atoms with van der Waals surface area (Å²) in [6, 6.07) is 0.463. The highest BCUT2D eigenvalue weighted by molar-refractivity contribution is 4.80. The molecule has 0 spiro atoms. The Kier molecular flexibility index (Phi) is 1.54. The molecule has 1 saturated heterocycles. The summed E-state index contributed by atoms with van der Waals surface area (Å²) in [7, 11) is 3.74. The van der Waals surface area contributed by atoms with Crippen LogP contribution in [0.5, 0.6) is 0 Å². The molecule has 0 amide bonds. The zero-order valence-corrected chi connectivity index (χ0v) is 5.17. The van der Waals surface area contributed by atoms with E-state index in [1.165, 1.54) is 0 Å². The van der Waals surface area contributed by atoms with E-state index in [0.29, 0.717) is 6.04 Å². The average Bonchev–Trinajstić information content (AvgIpc) is 1.85. The Morgan fingerprint density at radius 3 is 2.50 bits per heavy atom. The van der Waals surface area contributed by atoms with Gasteiger partial charge in [-0.3, -0.25) is 7.05 Å². The third-order valence-corrected chi connectivity index (χ3v) is 1.68. The molecule has 0 aromatic rings. The quantitative estimate of drug-likeness (QED) is 0.456. The van der Waals surface area contributed by atoms with E-state index in [1.807, 2.05) is 4.90 Å². The Morgan fingerprint density at radius 1 is 1.75 bits per heavy atom. The molecule has 48 valence electrons. The molecule has 0 aromatic carbocycles. The van der Waals surface area contributed by atoms with E-state index >= 15 is 0 Å². The molecule has 1 fully saturated rings. The Morgan fingerprint density at radius 2 is 2.38 bits per heavy atom. The lowest BCUT2D eigenvalue weighted by Crippen LogP contribution is -2.19. The molecule has 2 atom stereocenters. The fourth-order valence-electron chi connectivity index (χ4n) is 1.07. The van der Waals surface area contributed by atoms with Crippen molar-refractivity contribution in [1.29, 1.82) is 0 Å². The van der Waals surface area contributed by atoms with Crippen LogP contribution >= 0.6 is 0 Å². The summed E-state index contributed by atoms with van der Waals surface area (Å²) in [5, 5.41) is 8.99. The Labute approximate surface area is 50.1 Å². The van der Waals surface area contributed by atoms with Crippen LogP contribution in [0.2, 0.25) is 0 Å². The molecule has 1 aliphatic heterocycles. The molecule has 1 rings (SSSR count). The molecule has 0 aliphatic carbocycles. The first kappa shape index (κ1) is 6.05. The molecular weight excluding hydrogens is 102 g/mol. The highest BCUT2D eigenvalue weighted by Gasteiger charge is 2.19. The zero-order chi connectivity index (χ0) is 6.15. The van der Waals surface area contributed by atoms with Crippen molar-refractivity contribution in [3.8, 4) is 0 Å². The first-order chi connectivity index (χ1) is 3.70. The maximum atomic E-state index is 8.99. The minimum atomic E-state index is -0.137.